The van der Waals surface area contributed by atoms with Crippen molar-refractivity contribution < 1.29 is 19.1 Å². The van der Waals surface area contributed by atoms with Crippen molar-refractivity contribution in [3.05, 3.63) is 72.3 Å². The fraction of sp³-hybridized carbons (Fsp3) is 0.100. The highest BCUT2D eigenvalue weighted by Crippen LogP contribution is 2.18. The second kappa shape index (κ2) is 7.49. The summed E-state index contributed by atoms with van der Waals surface area (Å²) in [6.45, 7) is -0.350. The van der Waals surface area contributed by atoms with E-state index >= 15 is 0 Å². The SMILES string of the molecule is COc1ccc(C(=O)OCC(=O)Nc2ccc3ccccc3c2)cc1. The van der Waals surface area contributed by atoms with E-state index in [0.717, 1.165) is 10.8 Å². The van der Waals surface area contributed by atoms with E-state index in [2.05, 4.69) is 5.32 Å². The second-order valence-electron chi connectivity index (χ2n) is 5.41. The lowest BCUT2D eigenvalue weighted by Gasteiger charge is -2.08. The van der Waals surface area contributed by atoms with Gasteiger partial charge in [0.15, 0.2) is 6.61 Å². The van der Waals surface area contributed by atoms with Crippen LogP contribution in [0.4, 0.5) is 5.69 Å². The van der Waals surface area contributed by atoms with Gasteiger partial charge in [-0.2, -0.15) is 0 Å². The molecule has 0 fully saturated rings. The van der Waals surface area contributed by atoms with Crippen LogP contribution in [-0.2, 0) is 9.53 Å². The van der Waals surface area contributed by atoms with Crippen LogP contribution in [0, 0.1) is 0 Å². The van der Waals surface area contributed by atoms with E-state index in [4.69, 9.17) is 9.47 Å². The molecule has 0 saturated carbocycles. The minimum absolute atomic E-state index is 0.350. The zero-order chi connectivity index (χ0) is 17.6. The lowest BCUT2D eigenvalue weighted by molar-refractivity contribution is -0.119. The Balaban J connectivity index is 1.57. The third-order valence-electron chi connectivity index (χ3n) is 3.69. The monoisotopic (exact) mass is 335 g/mol. The summed E-state index contributed by atoms with van der Waals surface area (Å²) in [5, 5.41) is 4.84. The highest BCUT2D eigenvalue weighted by Gasteiger charge is 2.10. The average molecular weight is 335 g/mol. The molecule has 0 bridgehead atoms. The number of hydrogen-bond acceptors (Lipinski definition) is 4. The molecule has 0 aliphatic carbocycles. The molecular formula is C20H17NO4. The molecular weight excluding hydrogens is 318 g/mol. The molecule has 0 heterocycles. The number of benzene rings is 3. The lowest BCUT2D eigenvalue weighted by Crippen LogP contribution is -2.20. The van der Waals surface area contributed by atoms with E-state index in [1.165, 1.54) is 0 Å². The van der Waals surface area contributed by atoms with Gasteiger partial charge < -0.3 is 14.8 Å². The van der Waals surface area contributed by atoms with Gasteiger partial charge in [0, 0.05) is 5.69 Å². The van der Waals surface area contributed by atoms with Crippen LogP contribution in [0.15, 0.2) is 66.7 Å². The molecule has 0 spiro atoms. The van der Waals surface area contributed by atoms with Crippen molar-refractivity contribution in [3.63, 3.8) is 0 Å². The summed E-state index contributed by atoms with van der Waals surface area (Å²) in [4.78, 5) is 23.9. The van der Waals surface area contributed by atoms with Gasteiger partial charge in [0.2, 0.25) is 0 Å². The Hall–Kier alpha value is -3.34. The Morgan fingerprint density at radius 3 is 2.36 bits per heavy atom. The van der Waals surface area contributed by atoms with Crippen LogP contribution < -0.4 is 10.1 Å². The van der Waals surface area contributed by atoms with Crippen molar-refractivity contribution in [2.45, 2.75) is 0 Å². The van der Waals surface area contributed by atoms with Gasteiger partial charge in [-0.05, 0) is 47.2 Å². The van der Waals surface area contributed by atoms with Gasteiger partial charge in [0.1, 0.15) is 5.75 Å². The third kappa shape index (κ3) is 4.14. The van der Waals surface area contributed by atoms with E-state index in [9.17, 15) is 9.59 Å². The topological polar surface area (TPSA) is 64.6 Å². The van der Waals surface area contributed by atoms with Gasteiger partial charge in [-0.25, -0.2) is 4.79 Å². The number of esters is 1. The third-order valence-corrected chi connectivity index (χ3v) is 3.69. The molecule has 0 radical (unpaired) electrons. The number of carbonyl (C=O) groups is 2. The Morgan fingerprint density at radius 2 is 1.64 bits per heavy atom. The van der Waals surface area contributed by atoms with Crippen LogP contribution in [0.25, 0.3) is 10.8 Å². The summed E-state index contributed by atoms with van der Waals surface area (Å²) < 4.78 is 10.1. The molecule has 0 atom stereocenters. The van der Waals surface area contributed by atoms with Crippen molar-refractivity contribution in [1.29, 1.82) is 0 Å². The second-order valence-corrected chi connectivity index (χ2v) is 5.41. The van der Waals surface area contributed by atoms with Crippen LogP contribution in [0.3, 0.4) is 0 Å². The van der Waals surface area contributed by atoms with Gasteiger partial charge >= 0.3 is 5.97 Å². The molecule has 5 heteroatoms. The molecule has 1 N–H and O–H groups in total. The van der Waals surface area contributed by atoms with Crippen LogP contribution in [-0.4, -0.2) is 25.6 Å². The molecule has 3 aromatic rings. The van der Waals surface area contributed by atoms with E-state index in [1.807, 2.05) is 42.5 Å². The predicted molar refractivity (Wildman–Crippen MR) is 95.9 cm³/mol. The number of rotatable bonds is 5. The number of ether oxygens (including phenoxy) is 2. The van der Waals surface area contributed by atoms with E-state index in [1.54, 1.807) is 31.4 Å². The zero-order valence-corrected chi connectivity index (χ0v) is 13.7. The normalized spacial score (nSPS) is 10.3. The summed E-state index contributed by atoms with van der Waals surface area (Å²) in [7, 11) is 1.55. The van der Waals surface area contributed by atoms with Crippen molar-refractivity contribution in [2.24, 2.45) is 0 Å². The van der Waals surface area contributed by atoms with Crippen LogP contribution in [0.5, 0.6) is 5.75 Å². The predicted octanol–water partition coefficient (Wildman–Crippen LogP) is 3.64. The maximum absolute atomic E-state index is 12.0. The Bertz CT molecular complexity index is 903. The molecule has 5 nitrogen and oxygen atoms in total. The number of amides is 1. The molecule has 1 amide bonds. The van der Waals surface area contributed by atoms with Crippen molar-refractivity contribution >= 4 is 28.3 Å². The molecule has 0 saturated heterocycles. The molecule has 0 unspecified atom stereocenters. The lowest BCUT2D eigenvalue weighted by atomic mass is 10.1. The zero-order valence-electron chi connectivity index (χ0n) is 13.7. The largest absolute Gasteiger partial charge is 0.497 e. The van der Waals surface area contributed by atoms with Gasteiger partial charge in [-0.3, -0.25) is 4.79 Å². The fourth-order valence-corrected chi connectivity index (χ4v) is 2.41. The van der Waals surface area contributed by atoms with Crippen LogP contribution >= 0.6 is 0 Å². The van der Waals surface area contributed by atoms with Crippen LogP contribution in [0.2, 0.25) is 0 Å². The maximum atomic E-state index is 12.0. The minimum Gasteiger partial charge on any atom is -0.497 e. The number of methoxy groups -OCH3 is 1. The summed E-state index contributed by atoms with van der Waals surface area (Å²) in [5.41, 5.74) is 1.02. The number of nitrogens with one attached hydrogen (secondary N) is 1. The first-order valence-corrected chi connectivity index (χ1v) is 7.75. The van der Waals surface area contributed by atoms with Gasteiger partial charge in [0.05, 0.1) is 12.7 Å². The van der Waals surface area contributed by atoms with Crippen molar-refractivity contribution in [2.75, 3.05) is 19.0 Å². The van der Waals surface area contributed by atoms with E-state index in [0.29, 0.717) is 17.0 Å². The number of fused-ring (bicyclic) bond motifs is 1. The first-order chi connectivity index (χ1) is 12.2. The number of carbonyl (C=O) groups excluding carboxylic acids is 2. The first-order valence-electron chi connectivity index (χ1n) is 7.75. The molecule has 3 aromatic carbocycles. The molecule has 25 heavy (non-hydrogen) atoms. The highest BCUT2D eigenvalue weighted by atomic mass is 16.5. The Kier molecular flexibility index (Phi) is 4.95. The molecule has 0 aliphatic rings. The van der Waals surface area contributed by atoms with Gasteiger partial charge in [-0.1, -0.05) is 30.3 Å². The van der Waals surface area contributed by atoms with Crippen LogP contribution in [0.1, 0.15) is 10.4 Å². The standard InChI is InChI=1S/C20H17NO4/c1-24-18-10-7-15(8-11-18)20(23)25-13-19(22)21-17-9-6-14-4-2-3-5-16(14)12-17/h2-12H,13H2,1H3,(H,21,22). The molecule has 3 rings (SSSR count). The Labute approximate surface area is 145 Å². The average Bonchev–Trinajstić information content (AvgIpc) is 2.66. The van der Waals surface area contributed by atoms with Crippen molar-refractivity contribution in [3.8, 4) is 5.75 Å². The summed E-state index contributed by atoms with van der Waals surface area (Å²) >= 11 is 0. The summed E-state index contributed by atoms with van der Waals surface area (Å²) in [6, 6.07) is 20.0. The summed E-state index contributed by atoms with van der Waals surface area (Å²) in [6.07, 6.45) is 0. The number of hydrogen-bond donors (Lipinski definition) is 1. The Morgan fingerprint density at radius 1 is 0.920 bits per heavy atom. The first kappa shape index (κ1) is 16.5. The smallest absolute Gasteiger partial charge is 0.338 e. The highest BCUT2D eigenvalue weighted by molar-refractivity contribution is 5.97. The quantitative estimate of drug-likeness (QED) is 0.723. The fourth-order valence-electron chi connectivity index (χ4n) is 2.41. The summed E-state index contributed by atoms with van der Waals surface area (Å²) in [5.74, 6) is -0.306. The number of anilines is 1. The van der Waals surface area contributed by atoms with Crippen molar-refractivity contribution in [1.82, 2.24) is 0 Å². The van der Waals surface area contributed by atoms with Gasteiger partial charge in [0.25, 0.3) is 5.91 Å². The van der Waals surface area contributed by atoms with Gasteiger partial charge in [-0.15, -0.1) is 0 Å². The van der Waals surface area contributed by atoms with E-state index < -0.39 is 11.9 Å². The minimum atomic E-state index is -0.559. The van der Waals surface area contributed by atoms with E-state index in [-0.39, 0.29) is 6.61 Å². The molecule has 0 aliphatic heterocycles. The molecule has 0 aromatic heterocycles. The molecule has 126 valence electrons. The maximum Gasteiger partial charge on any atom is 0.338 e.